The molecule has 1 heterocycles. The summed E-state index contributed by atoms with van der Waals surface area (Å²) in [7, 11) is -1.26. The van der Waals surface area contributed by atoms with Gasteiger partial charge in [0.2, 0.25) is 0 Å². The maximum atomic E-state index is 12.9. The lowest BCUT2D eigenvalue weighted by molar-refractivity contribution is 0.0463. The van der Waals surface area contributed by atoms with Crippen LogP contribution in [0.5, 0.6) is 6.01 Å². The second-order valence-corrected chi connectivity index (χ2v) is 16.5. The van der Waals surface area contributed by atoms with Crippen molar-refractivity contribution in [2.24, 2.45) is 5.92 Å². The average molecular weight is 506 g/mol. The summed E-state index contributed by atoms with van der Waals surface area (Å²) in [6.07, 6.45) is 5.67. The molecule has 34 heavy (non-hydrogen) atoms. The molecule has 0 saturated heterocycles. The van der Waals surface area contributed by atoms with Gasteiger partial charge in [-0.25, -0.2) is 4.98 Å². The highest BCUT2D eigenvalue weighted by atomic mass is 35.5. The Morgan fingerprint density at radius 1 is 1.26 bits per heavy atom. The minimum absolute atomic E-state index is 0.0446. The van der Waals surface area contributed by atoms with Gasteiger partial charge in [-0.3, -0.25) is 4.79 Å². The molecule has 0 bridgehead atoms. The van der Waals surface area contributed by atoms with E-state index in [4.69, 9.17) is 16.3 Å². The molecule has 1 amide bonds. The first-order chi connectivity index (χ1) is 16.0. The van der Waals surface area contributed by atoms with Crippen LogP contribution in [0.3, 0.4) is 0 Å². The molecule has 9 heteroatoms. The highest BCUT2D eigenvalue weighted by Gasteiger charge is 2.30. The Labute approximate surface area is 207 Å². The zero-order valence-electron chi connectivity index (χ0n) is 20.5. The van der Waals surface area contributed by atoms with Crippen LogP contribution in [0, 0.1) is 5.92 Å². The van der Waals surface area contributed by atoms with Crippen LogP contribution < -0.4 is 10.1 Å². The number of carbonyl (C=O) groups is 1. The van der Waals surface area contributed by atoms with Gasteiger partial charge < -0.3 is 20.3 Å². The van der Waals surface area contributed by atoms with Gasteiger partial charge >= 0.3 is 6.01 Å². The molecular formula is C25H36ClN3O4Si. The van der Waals surface area contributed by atoms with Gasteiger partial charge in [-0.15, -0.1) is 0 Å². The summed E-state index contributed by atoms with van der Waals surface area (Å²) in [6.45, 7) is 8.92. The number of aromatic nitrogens is 2. The number of benzene rings is 1. The number of ether oxygens (including phenoxy) is 1. The van der Waals surface area contributed by atoms with Crippen LogP contribution in [0.15, 0.2) is 30.5 Å². The number of aliphatic hydroxyl groups excluding tert-OH is 1. The molecule has 1 fully saturated rings. The lowest BCUT2D eigenvalue weighted by Crippen LogP contribution is -2.41. The summed E-state index contributed by atoms with van der Waals surface area (Å²) in [5, 5.41) is 24.8. The Balaban J connectivity index is 1.76. The molecule has 7 nitrogen and oxygen atoms in total. The topological polar surface area (TPSA) is 105 Å². The van der Waals surface area contributed by atoms with E-state index < -0.39 is 25.8 Å². The van der Waals surface area contributed by atoms with Gasteiger partial charge in [-0.05, 0) is 49.6 Å². The molecule has 1 aliphatic rings. The van der Waals surface area contributed by atoms with E-state index in [9.17, 15) is 15.0 Å². The number of nitrogens with one attached hydrogen (secondary N) is 1. The molecule has 3 rings (SSSR count). The van der Waals surface area contributed by atoms with Crippen molar-refractivity contribution in [2.45, 2.75) is 76.5 Å². The van der Waals surface area contributed by atoms with E-state index in [1.54, 1.807) is 37.4 Å². The van der Waals surface area contributed by atoms with Crippen molar-refractivity contribution in [2.75, 3.05) is 6.61 Å². The van der Waals surface area contributed by atoms with E-state index in [0.29, 0.717) is 17.9 Å². The maximum Gasteiger partial charge on any atom is 0.316 e. The second kappa shape index (κ2) is 11.2. The first-order valence-corrected chi connectivity index (χ1v) is 16.0. The van der Waals surface area contributed by atoms with Gasteiger partial charge in [-0.1, -0.05) is 56.6 Å². The molecule has 186 valence electrons. The molecule has 1 aromatic carbocycles. The number of aliphatic hydroxyl groups is 2. The van der Waals surface area contributed by atoms with E-state index in [2.05, 4.69) is 34.9 Å². The van der Waals surface area contributed by atoms with Gasteiger partial charge in [0.05, 0.1) is 22.9 Å². The molecule has 3 N–H and O–H groups in total. The molecule has 0 aliphatic heterocycles. The third kappa shape index (κ3) is 7.01. The summed E-state index contributed by atoms with van der Waals surface area (Å²) >= 11 is 6.31. The summed E-state index contributed by atoms with van der Waals surface area (Å²) in [4.78, 5) is 21.5. The normalized spacial score (nSPS) is 17.6. The molecule has 1 aromatic heterocycles. The van der Waals surface area contributed by atoms with E-state index in [0.717, 1.165) is 38.1 Å². The van der Waals surface area contributed by atoms with Crippen LogP contribution in [0.25, 0.3) is 0 Å². The number of carbonyl (C=O) groups excluding carboxylic acids is 1. The molecule has 1 saturated carbocycles. The number of hydrogen-bond acceptors (Lipinski definition) is 6. The van der Waals surface area contributed by atoms with E-state index in [-0.39, 0.29) is 22.5 Å². The van der Waals surface area contributed by atoms with Crippen molar-refractivity contribution in [3.8, 4) is 6.01 Å². The van der Waals surface area contributed by atoms with Crippen LogP contribution >= 0.6 is 11.6 Å². The van der Waals surface area contributed by atoms with Crippen LogP contribution in [0.1, 0.15) is 60.6 Å². The lowest BCUT2D eigenvalue weighted by Gasteiger charge is -2.27. The van der Waals surface area contributed by atoms with Gasteiger partial charge in [0.15, 0.2) is 0 Å². The first kappa shape index (κ1) is 26.6. The minimum Gasteiger partial charge on any atom is -0.464 e. The first-order valence-electron chi connectivity index (χ1n) is 11.9. The molecule has 0 radical (unpaired) electrons. The summed E-state index contributed by atoms with van der Waals surface area (Å²) < 4.78 is 5.72. The fourth-order valence-corrected chi connectivity index (χ4v) is 4.98. The van der Waals surface area contributed by atoms with Crippen LogP contribution in [-0.2, 0) is 5.60 Å². The molecule has 2 aromatic rings. The zero-order chi connectivity index (χ0) is 24.9. The molecule has 2 unspecified atom stereocenters. The number of nitrogens with zero attached hydrogens (tertiary/aromatic N) is 2. The van der Waals surface area contributed by atoms with Crippen molar-refractivity contribution in [1.29, 1.82) is 0 Å². The number of amides is 1. The smallest absolute Gasteiger partial charge is 0.316 e. The van der Waals surface area contributed by atoms with Crippen molar-refractivity contribution in [3.05, 3.63) is 52.3 Å². The average Bonchev–Trinajstić information content (AvgIpc) is 2.79. The third-order valence-corrected chi connectivity index (χ3v) is 8.40. The van der Waals surface area contributed by atoms with Gasteiger partial charge in [0, 0.05) is 20.2 Å². The summed E-state index contributed by atoms with van der Waals surface area (Å²) in [5.74, 6) is -0.429. The molecule has 1 aliphatic carbocycles. The minimum atomic E-state index is -1.51. The molecular weight excluding hydrogens is 470 g/mol. The Morgan fingerprint density at radius 3 is 2.65 bits per heavy atom. The van der Waals surface area contributed by atoms with Crippen LogP contribution in [0.4, 0.5) is 0 Å². The third-order valence-electron chi connectivity index (χ3n) is 6.36. The molecule has 0 spiro atoms. The van der Waals surface area contributed by atoms with Crippen molar-refractivity contribution in [1.82, 2.24) is 15.3 Å². The quantitative estimate of drug-likeness (QED) is 0.336. The predicted octanol–water partition coefficient (Wildman–Crippen LogP) is 4.73. The predicted molar refractivity (Wildman–Crippen MR) is 136 cm³/mol. The summed E-state index contributed by atoms with van der Waals surface area (Å²) in [6, 6.07) is 7.56. The van der Waals surface area contributed by atoms with Crippen molar-refractivity contribution < 1.29 is 19.7 Å². The zero-order valence-corrected chi connectivity index (χ0v) is 22.2. The number of halogens is 1. The van der Waals surface area contributed by atoms with Crippen molar-refractivity contribution >= 4 is 25.6 Å². The summed E-state index contributed by atoms with van der Waals surface area (Å²) in [5.41, 5.74) is -0.529. The highest BCUT2D eigenvalue weighted by molar-refractivity contribution is 6.76. The Kier molecular flexibility index (Phi) is 8.73. The van der Waals surface area contributed by atoms with Gasteiger partial charge in [-0.2, -0.15) is 4.98 Å². The standard InChI is InChI=1S/C25H36ClN3O4Si/c1-25(32,21-12-13-27-24(28-21)33-14-15-34(2,3)4)18-10-11-20(26)19(16-18)23(31)29-22(30)17-8-6-5-7-9-17/h10-13,16-17,22,30,32H,5-9,14-15H2,1-4H3,(H,29,31). The van der Waals surface area contributed by atoms with Crippen LogP contribution in [0.2, 0.25) is 30.7 Å². The Hall–Kier alpha value is -2.00. The monoisotopic (exact) mass is 505 g/mol. The van der Waals surface area contributed by atoms with Gasteiger partial charge in [0.25, 0.3) is 5.91 Å². The fraction of sp³-hybridized carbons (Fsp3) is 0.560. The molecule has 2 atom stereocenters. The maximum absolute atomic E-state index is 12.9. The fourth-order valence-electron chi connectivity index (χ4n) is 4.06. The Bertz CT molecular complexity index is 990. The van der Waals surface area contributed by atoms with Gasteiger partial charge in [0.1, 0.15) is 11.8 Å². The highest BCUT2D eigenvalue weighted by Crippen LogP contribution is 2.32. The van der Waals surface area contributed by atoms with E-state index in [1.807, 2.05) is 0 Å². The van der Waals surface area contributed by atoms with E-state index in [1.165, 1.54) is 0 Å². The van der Waals surface area contributed by atoms with E-state index >= 15 is 0 Å². The van der Waals surface area contributed by atoms with Crippen LogP contribution in [-0.4, -0.2) is 47.0 Å². The number of hydrogen-bond donors (Lipinski definition) is 3. The Morgan fingerprint density at radius 2 is 1.97 bits per heavy atom. The SMILES string of the molecule is CC(O)(c1ccc(Cl)c(C(=O)NC(O)C2CCCCC2)c1)c1ccnc(OCC[Si](C)(C)C)n1. The van der Waals surface area contributed by atoms with Crippen molar-refractivity contribution in [3.63, 3.8) is 0 Å². The largest absolute Gasteiger partial charge is 0.464 e. The lowest BCUT2D eigenvalue weighted by atomic mass is 9.88. The number of rotatable bonds is 9. The second-order valence-electron chi connectivity index (χ2n) is 10.5.